The minimum absolute atomic E-state index is 0.674. The summed E-state index contributed by atoms with van der Waals surface area (Å²) in [5.74, 6) is 0.674. The fourth-order valence-electron chi connectivity index (χ4n) is 8.84. The number of benzene rings is 9. The number of furan rings is 1. The number of rotatable bonds is 4. The van der Waals surface area contributed by atoms with Gasteiger partial charge in [0.25, 0.3) is 0 Å². The minimum atomic E-state index is 0.674. The summed E-state index contributed by atoms with van der Waals surface area (Å²) in [6.45, 7) is 0. The highest BCUT2D eigenvalue weighted by molar-refractivity contribution is 6.39. The van der Waals surface area contributed by atoms with Gasteiger partial charge in [-0.05, 0) is 63.3 Å². The van der Waals surface area contributed by atoms with E-state index in [2.05, 4.69) is 138 Å². The molecule has 0 fully saturated rings. The van der Waals surface area contributed by atoms with Crippen molar-refractivity contribution in [3.05, 3.63) is 176 Å². The van der Waals surface area contributed by atoms with Crippen molar-refractivity contribution in [2.45, 2.75) is 0 Å². The van der Waals surface area contributed by atoms with Crippen molar-refractivity contribution in [1.82, 2.24) is 14.5 Å². The Kier molecular flexibility index (Phi) is 6.02. The van der Waals surface area contributed by atoms with Crippen molar-refractivity contribution in [3.8, 4) is 39.6 Å². The molecule has 0 bridgehead atoms. The Bertz CT molecular complexity index is 3370. The minimum Gasteiger partial charge on any atom is -0.455 e. The molecular weight excluding hydrogens is 659 g/mol. The lowest BCUT2D eigenvalue weighted by Gasteiger charge is -2.14. The third-order valence-corrected chi connectivity index (χ3v) is 11.1. The van der Waals surface area contributed by atoms with Crippen LogP contribution >= 0.6 is 0 Å². The normalized spacial score (nSPS) is 12.1. The standard InChI is InChI=1S/C50H29N3O/c1-3-14-30(15-4-1)39-29-40(52-50(51-39)31-16-5-2-6-17-31)37-26-27-42(47-38-22-11-12-25-44(38)54-49(37)47)53-41-24-13-23-36-34-20-9-10-21-35(34)45-33-19-8-7-18-32(33)28-43(53)48(45)46(36)41/h1-29H. The summed E-state index contributed by atoms with van der Waals surface area (Å²) >= 11 is 0. The zero-order chi connectivity index (χ0) is 35.3. The molecule has 0 radical (unpaired) electrons. The van der Waals surface area contributed by atoms with Crippen molar-refractivity contribution < 1.29 is 4.42 Å². The monoisotopic (exact) mass is 687 g/mol. The van der Waals surface area contributed by atoms with E-state index in [4.69, 9.17) is 14.4 Å². The second-order valence-electron chi connectivity index (χ2n) is 14.1. The number of para-hydroxylation sites is 1. The quantitative estimate of drug-likeness (QED) is 0.173. The summed E-state index contributed by atoms with van der Waals surface area (Å²) in [6, 6.07) is 62.2. The van der Waals surface area contributed by atoms with Crippen molar-refractivity contribution >= 4 is 76.1 Å². The van der Waals surface area contributed by atoms with Gasteiger partial charge in [0.2, 0.25) is 0 Å². The molecule has 4 nitrogen and oxygen atoms in total. The molecule has 0 unspecified atom stereocenters. The lowest BCUT2D eigenvalue weighted by Crippen LogP contribution is -1.98. The second-order valence-corrected chi connectivity index (χ2v) is 14.1. The molecule has 0 aliphatic rings. The summed E-state index contributed by atoms with van der Waals surface area (Å²) in [5, 5.41) is 12.3. The van der Waals surface area contributed by atoms with E-state index in [-0.39, 0.29) is 0 Å². The molecule has 0 N–H and O–H groups in total. The average Bonchev–Trinajstić information content (AvgIpc) is 3.80. The van der Waals surface area contributed by atoms with Crippen LogP contribution in [0.25, 0.3) is 116 Å². The van der Waals surface area contributed by atoms with E-state index >= 15 is 0 Å². The van der Waals surface area contributed by atoms with E-state index in [1.807, 2.05) is 42.5 Å². The number of nitrogens with zero attached hydrogens (tertiary/aromatic N) is 3. The van der Waals surface area contributed by atoms with Gasteiger partial charge in [-0.2, -0.15) is 0 Å². The Morgan fingerprint density at radius 2 is 1.06 bits per heavy atom. The van der Waals surface area contributed by atoms with Crippen molar-refractivity contribution in [3.63, 3.8) is 0 Å². The third kappa shape index (κ3) is 4.08. The van der Waals surface area contributed by atoms with Crippen LogP contribution in [0.5, 0.6) is 0 Å². The van der Waals surface area contributed by atoms with Crippen LogP contribution in [-0.4, -0.2) is 14.5 Å². The van der Waals surface area contributed by atoms with Gasteiger partial charge in [-0.15, -0.1) is 0 Å². The highest BCUT2D eigenvalue weighted by Crippen LogP contribution is 2.48. The van der Waals surface area contributed by atoms with Gasteiger partial charge in [-0.3, -0.25) is 0 Å². The molecule has 0 aliphatic heterocycles. The molecule has 54 heavy (non-hydrogen) atoms. The number of hydrogen-bond acceptors (Lipinski definition) is 3. The first kappa shape index (κ1) is 29.3. The van der Waals surface area contributed by atoms with Gasteiger partial charge in [0.05, 0.1) is 33.5 Å². The van der Waals surface area contributed by atoms with Gasteiger partial charge in [-0.25, -0.2) is 9.97 Å². The van der Waals surface area contributed by atoms with E-state index in [1.54, 1.807) is 0 Å². The van der Waals surface area contributed by atoms with Crippen LogP contribution in [0, 0.1) is 0 Å². The summed E-state index contributed by atoms with van der Waals surface area (Å²) in [7, 11) is 0. The predicted octanol–water partition coefficient (Wildman–Crippen LogP) is 13.4. The van der Waals surface area contributed by atoms with E-state index in [9.17, 15) is 0 Å². The van der Waals surface area contributed by atoms with Crippen molar-refractivity contribution in [2.24, 2.45) is 0 Å². The van der Waals surface area contributed by atoms with Crippen LogP contribution < -0.4 is 0 Å². The molecular formula is C50H29N3O. The third-order valence-electron chi connectivity index (χ3n) is 11.1. The summed E-state index contributed by atoms with van der Waals surface area (Å²) in [4.78, 5) is 10.3. The van der Waals surface area contributed by atoms with Gasteiger partial charge in [0.1, 0.15) is 11.2 Å². The first-order valence-electron chi connectivity index (χ1n) is 18.3. The average molecular weight is 688 g/mol. The highest BCUT2D eigenvalue weighted by Gasteiger charge is 2.25. The molecule has 0 saturated heterocycles. The van der Waals surface area contributed by atoms with Crippen LogP contribution in [0.1, 0.15) is 0 Å². The van der Waals surface area contributed by atoms with Gasteiger partial charge in [-0.1, -0.05) is 140 Å². The zero-order valence-electron chi connectivity index (χ0n) is 29.0. The Hall–Kier alpha value is -7.30. The first-order chi connectivity index (χ1) is 26.8. The van der Waals surface area contributed by atoms with Gasteiger partial charge >= 0.3 is 0 Å². The van der Waals surface area contributed by atoms with E-state index in [1.165, 1.54) is 54.1 Å². The number of fused-ring (bicyclic) bond motifs is 8. The first-order valence-corrected chi connectivity index (χ1v) is 18.3. The molecule has 0 aliphatic carbocycles. The maximum Gasteiger partial charge on any atom is 0.160 e. The molecule has 250 valence electrons. The molecule has 4 heteroatoms. The molecule has 3 aromatic heterocycles. The van der Waals surface area contributed by atoms with Crippen LogP contribution in [0.3, 0.4) is 0 Å². The van der Waals surface area contributed by atoms with Crippen LogP contribution in [0.4, 0.5) is 0 Å². The van der Waals surface area contributed by atoms with Gasteiger partial charge in [0, 0.05) is 38.2 Å². The molecule has 0 atom stereocenters. The molecule has 0 amide bonds. The highest BCUT2D eigenvalue weighted by atomic mass is 16.3. The van der Waals surface area contributed by atoms with E-state index < -0.39 is 0 Å². The maximum atomic E-state index is 6.90. The maximum absolute atomic E-state index is 6.90. The Morgan fingerprint density at radius 1 is 0.407 bits per heavy atom. The summed E-state index contributed by atoms with van der Waals surface area (Å²) in [6.07, 6.45) is 0. The predicted molar refractivity (Wildman–Crippen MR) is 224 cm³/mol. The van der Waals surface area contributed by atoms with Crippen molar-refractivity contribution in [1.29, 1.82) is 0 Å². The fourth-order valence-corrected chi connectivity index (χ4v) is 8.84. The Labute approximate surface area is 309 Å². The lowest BCUT2D eigenvalue weighted by atomic mass is 9.91. The Balaban J connectivity index is 1.22. The van der Waals surface area contributed by atoms with Crippen molar-refractivity contribution in [2.75, 3.05) is 0 Å². The summed E-state index contributed by atoms with van der Waals surface area (Å²) < 4.78 is 9.37. The molecule has 9 aromatic carbocycles. The lowest BCUT2D eigenvalue weighted by molar-refractivity contribution is 0.669. The van der Waals surface area contributed by atoms with Crippen LogP contribution in [-0.2, 0) is 0 Å². The smallest absolute Gasteiger partial charge is 0.160 e. The SMILES string of the molecule is c1ccc(-c2cc(-c3ccc(-n4c5cccc6c7ccccc7c7c8ccccc8cc4c7c65)c4c3oc3ccccc34)nc(-c3ccccc3)n2)cc1. The van der Waals surface area contributed by atoms with Crippen LogP contribution in [0.15, 0.2) is 180 Å². The molecule has 0 spiro atoms. The topological polar surface area (TPSA) is 43.9 Å². The fraction of sp³-hybridized carbons (Fsp3) is 0. The number of aromatic nitrogens is 3. The zero-order valence-corrected chi connectivity index (χ0v) is 29.0. The summed E-state index contributed by atoms with van der Waals surface area (Å²) in [5.41, 5.74) is 9.66. The van der Waals surface area contributed by atoms with E-state index in [0.29, 0.717) is 5.82 Å². The molecule has 12 rings (SSSR count). The van der Waals surface area contributed by atoms with Gasteiger partial charge in [0.15, 0.2) is 5.82 Å². The second kappa shape index (κ2) is 11.1. The molecule has 3 heterocycles. The van der Waals surface area contributed by atoms with E-state index in [0.717, 1.165) is 55.7 Å². The Morgan fingerprint density at radius 3 is 1.89 bits per heavy atom. The number of hydrogen-bond donors (Lipinski definition) is 0. The molecule has 12 aromatic rings. The largest absolute Gasteiger partial charge is 0.455 e. The van der Waals surface area contributed by atoms with Gasteiger partial charge < -0.3 is 8.98 Å². The van der Waals surface area contributed by atoms with Crippen LogP contribution in [0.2, 0.25) is 0 Å². The molecule has 0 saturated carbocycles.